The summed E-state index contributed by atoms with van der Waals surface area (Å²) in [4.78, 5) is 7.05. The first-order valence-electron chi connectivity index (χ1n) is 10.6. The van der Waals surface area contributed by atoms with Gasteiger partial charge in [-0.1, -0.05) is 12.8 Å². The number of aryl methyl sites for hydroxylation is 1. The topological polar surface area (TPSA) is 57.5 Å². The SMILES string of the molecule is CN=C(NCc1cn(-c2ccc(F)cc2)nc1C)NC1CCN(C2CCCC2)C1.I. The maximum absolute atomic E-state index is 13.2. The molecular weight excluding hydrogens is 494 g/mol. The van der Waals surface area contributed by atoms with Crippen LogP contribution in [0, 0.1) is 12.7 Å². The van der Waals surface area contributed by atoms with Crippen molar-refractivity contribution in [3.8, 4) is 5.69 Å². The largest absolute Gasteiger partial charge is 0.352 e. The average molecular weight is 526 g/mol. The molecule has 6 nitrogen and oxygen atoms in total. The van der Waals surface area contributed by atoms with Crippen LogP contribution in [0.3, 0.4) is 0 Å². The van der Waals surface area contributed by atoms with Gasteiger partial charge in [0, 0.05) is 50.5 Å². The van der Waals surface area contributed by atoms with Gasteiger partial charge < -0.3 is 10.6 Å². The predicted octanol–water partition coefficient (Wildman–Crippen LogP) is 3.62. The lowest BCUT2D eigenvalue weighted by Crippen LogP contribution is -2.45. The van der Waals surface area contributed by atoms with E-state index in [-0.39, 0.29) is 29.8 Å². The molecule has 2 aromatic rings. The van der Waals surface area contributed by atoms with Crippen LogP contribution >= 0.6 is 24.0 Å². The van der Waals surface area contributed by atoms with Crippen molar-refractivity contribution in [2.45, 2.75) is 57.7 Å². The highest BCUT2D eigenvalue weighted by molar-refractivity contribution is 14.0. The summed E-state index contributed by atoms with van der Waals surface area (Å²) in [5, 5.41) is 11.6. The standard InChI is InChI=1S/C22H31FN6.HI/c1-16-17(14-29(27-16)21-9-7-18(23)8-10-21)13-25-22(24-2)26-19-11-12-28(15-19)20-5-3-4-6-20;/h7-10,14,19-20H,3-6,11-13,15H2,1-2H3,(H2,24,25,26);1H. The van der Waals surface area contributed by atoms with E-state index >= 15 is 0 Å². The van der Waals surface area contributed by atoms with Crippen molar-refractivity contribution in [3.63, 3.8) is 0 Å². The molecule has 164 valence electrons. The zero-order valence-corrected chi connectivity index (χ0v) is 20.1. The molecule has 30 heavy (non-hydrogen) atoms. The van der Waals surface area contributed by atoms with Crippen LogP contribution in [0.15, 0.2) is 35.5 Å². The van der Waals surface area contributed by atoms with E-state index in [2.05, 4.69) is 25.6 Å². The maximum Gasteiger partial charge on any atom is 0.191 e. The number of hydrogen-bond acceptors (Lipinski definition) is 3. The lowest BCUT2D eigenvalue weighted by Gasteiger charge is -2.24. The zero-order valence-electron chi connectivity index (χ0n) is 17.8. The highest BCUT2D eigenvalue weighted by atomic mass is 127. The molecule has 8 heteroatoms. The summed E-state index contributed by atoms with van der Waals surface area (Å²) >= 11 is 0. The molecule has 1 unspecified atom stereocenters. The third-order valence-electron chi connectivity index (χ3n) is 6.16. The summed E-state index contributed by atoms with van der Waals surface area (Å²) in [6.45, 7) is 4.92. The fourth-order valence-corrected chi connectivity index (χ4v) is 4.47. The van der Waals surface area contributed by atoms with Gasteiger partial charge in [0.15, 0.2) is 5.96 Å². The molecule has 2 fully saturated rings. The number of aromatic nitrogens is 2. The third-order valence-corrected chi connectivity index (χ3v) is 6.16. The van der Waals surface area contributed by atoms with Crippen molar-refractivity contribution in [1.29, 1.82) is 0 Å². The summed E-state index contributed by atoms with van der Waals surface area (Å²) in [7, 11) is 1.81. The minimum Gasteiger partial charge on any atom is -0.352 e. The monoisotopic (exact) mass is 526 g/mol. The van der Waals surface area contributed by atoms with Gasteiger partial charge in [-0.3, -0.25) is 9.89 Å². The smallest absolute Gasteiger partial charge is 0.191 e. The van der Waals surface area contributed by atoms with Gasteiger partial charge in [0.05, 0.1) is 11.4 Å². The van der Waals surface area contributed by atoms with Crippen LogP contribution in [-0.4, -0.2) is 52.9 Å². The third kappa shape index (κ3) is 5.51. The van der Waals surface area contributed by atoms with Crippen LogP contribution in [0.4, 0.5) is 4.39 Å². The highest BCUT2D eigenvalue weighted by Crippen LogP contribution is 2.26. The molecule has 0 amide bonds. The molecule has 0 spiro atoms. The van der Waals surface area contributed by atoms with Crippen molar-refractivity contribution in [2.24, 2.45) is 4.99 Å². The molecular formula is C22H32FIN6. The summed E-state index contributed by atoms with van der Waals surface area (Å²) in [5.74, 6) is 0.588. The number of likely N-dealkylation sites (tertiary alicyclic amines) is 1. The van der Waals surface area contributed by atoms with Crippen molar-refractivity contribution >= 4 is 29.9 Å². The minimum absolute atomic E-state index is 0. The summed E-state index contributed by atoms with van der Waals surface area (Å²) in [5.41, 5.74) is 2.89. The average Bonchev–Trinajstić information content (AvgIpc) is 3.47. The molecule has 2 heterocycles. The van der Waals surface area contributed by atoms with Crippen molar-refractivity contribution in [3.05, 3.63) is 47.5 Å². The molecule has 2 aliphatic rings. The molecule has 0 radical (unpaired) electrons. The van der Waals surface area contributed by atoms with Gasteiger partial charge in [0.1, 0.15) is 5.82 Å². The molecule has 1 saturated carbocycles. The van der Waals surface area contributed by atoms with Crippen LogP contribution in [-0.2, 0) is 6.54 Å². The van der Waals surface area contributed by atoms with E-state index in [4.69, 9.17) is 0 Å². The Hall–Kier alpha value is -1.68. The number of halogens is 2. The second-order valence-corrected chi connectivity index (χ2v) is 8.15. The second kappa shape index (κ2) is 10.6. The number of guanidine groups is 1. The summed E-state index contributed by atoms with van der Waals surface area (Å²) in [6, 6.07) is 7.60. The molecule has 1 aromatic heterocycles. The van der Waals surface area contributed by atoms with E-state index < -0.39 is 0 Å². The number of rotatable bonds is 5. The van der Waals surface area contributed by atoms with E-state index in [1.807, 2.05) is 20.2 Å². The number of aliphatic imine (C=N–C) groups is 1. The Morgan fingerprint density at radius 3 is 2.63 bits per heavy atom. The van der Waals surface area contributed by atoms with Gasteiger partial charge >= 0.3 is 0 Å². The van der Waals surface area contributed by atoms with Gasteiger partial charge in [0.2, 0.25) is 0 Å². The van der Waals surface area contributed by atoms with Crippen LogP contribution in [0.25, 0.3) is 5.69 Å². The Balaban J connectivity index is 0.00000256. The molecule has 1 atom stereocenters. The lowest BCUT2D eigenvalue weighted by molar-refractivity contribution is 0.242. The fourth-order valence-electron chi connectivity index (χ4n) is 4.47. The molecule has 1 aliphatic carbocycles. The number of benzene rings is 1. The van der Waals surface area contributed by atoms with E-state index in [0.29, 0.717) is 12.6 Å². The first-order valence-corrected chi connectivity index (χ1v) is 10.6. The van der Waals surface area contributed by atoms with Gasteiger partial charge in [-0.25, -0.2) is 9.07 Å². The van der Waals surface area contributed by atoms with Gasteiger partial charge in [-0.05, 0) is 50.5 Å². The maximum atomic E-state index is 13.2. The van der Waals surface area contributed by atoms with Crippen LogP contribution in [0.2, 0.25) is 0 Å². The molecule has 0 bridgehead atoms. The van der Waals surface area contributed by atoms with Gasteiger partial charge in [-0.2, -0.15) is 5.10 Å². The van der Waals surface area contributed by atoms with Crippen molar-refractivity contribution < 1.29 is 4.39 Å². The van der Waals surface area contributed by atoms with E-state index in [0.717, 1.165) is 35.5 Å². The minimum atomic E-state index is -0.243. The number of nitrogens with one attached hydrogen (secondary N) is 2. The lowest BCUT2D eigenvalue weighted by atomic mass is 10.2. The Labute approximate surface area is 195 Å². The van der Waals surface area contributed by atoms with Gasteiger partial charge in [0.25, 0.3) is 0 Å². The number of hydrogen-bond donors (Lipinski definition) is 2. The molecule has 1 aliphatic heterocycles. The quantitative estimate of drug-likeness (QED) is 0.355. The van der Waals surface area contributed by atoms with Gasteiger partial charge in [-0.15, -0.1) is 24.0 Å². The number of nitrogens with zero attached hydrogens (tertiary/aromatic N) is 4. The zero-order chi connectivity index (χ0) is 20.2. The first kappa shape index (κ1) is 23.0. The molecule has 4 rings (SSSR count). The van der Waals surface area contributed by atoms with Crippen molar-refractivity contribution in [1.82, 2.24) is 25.3 Å². The van der Waals surface area contributed by atoms with Crippen LogP contribution in [0.1, 0.15) is 43.4 Å². The van der Waals surface area contributed by atoms with E-state index in [1.54, 1.807) is 16.8 Å². The van der Waals surface area contributed by atoms with E-state index in [9.17, 15) is 4.39 Å². The highest BCUT2D eigenvalue weighted by Gasteiger charge is 2.30. The summed E-state index contributed by atoms with van der Waals surface area (Å²) < 4.78 is 14.9. The Morgan fingerprint density at radius 1 is 1.20 bits per heavy atom. The Kier molecular flexibility index (Phi) is 8.10. The van der Waals surface area contributed by atoms with Crippen LogP contribution in [0.5, 0.6) is 0 Å². The predicted molar refractivity (Wildman–Crippen MR) is 129 cm³/mol. The Bertz CT molecular complexity index is 844. The molecule has 2 N–H and O–H groups in total. The summed E-state index contributed by atoms with van der Waals surface area (Å²) in [6.07, 6.45) is 8.63. The fraction of sp³-hybridized carbons (Fsp3) is 0.545. The first-order chi connectivity index (χ1) is 14.1. The Morgan fingerprint density at radius 2 is 1.93 bits per heavy atom. The van der Waals surface area contributed by atoms with E-state index in [1.165, 1.54) is 50.8 Å². The second-order valence-electron chi connectivity index (χ2n) is 8.15. The molecule has 1 saturated heterocycles. The van der Waals surface area contributed by atoms with Crippen LogP contribution < -0.4 is 10.6 Å². The van der Waals surface area contributed by atoms with Crippen molar-refractivity contribution in [2.75, 3.05) is 20.1 Å². The molecule has 1 aromatic carbocycles. The normalized spacial score (nSPS) is 20.4.